The first-order chi connectivity index (χ1) is 18.9. The van der Waals surface area contributed by atoms with E-state index in [9.17, 15) is 14.4 Å². The Morgan fingerprint density at radius 1 is 1.03 bits per heavy atom. The van der Waals surface area contributed by atoms with E-state index in [1.807, 2.05) is 56.3 Å². The number of aromatic nitrogens is 3. The van der Waals surface area contributed by atoms with Crippen LogP contribution in [0.3, 0.4) is 0 Å². The molecule has 2 aromatic heterocycles. The maximum atomic E-state index is 13.6. The highest BCUT2D eigenvalue weighted by molar-refractivity contribution is 7.15. The van der Waals surface area contributed by atoms with Crippen LogP contribution >= 0.6 is 11.3 Å². The number of aryl methyl sites for hydroxylation is 1. The lowest BCUT2D eigenvalue weighted by atomic mass is 10.1. The van der Waals surface area contributed by atoms with Crippen LogP contribution in [0.4, 0.5) is 11.4 Å². The first kappa shape index (κ1) is 24.5. The van der Waals surface area contributed by atoms with Gasteiger partial charge in [-0.3, -0.25) is 19.3 Å². The Bertz CT molecular complexity index is 1860. The summed E-state index contributed by atoms with van der Waals surface area (Å²) in [5, 5.41) is 7.26. The van der Waals surface area contributed by atoms with Crippen LogP contribution in [0.2, 0.25) is 0 Å². The van der Waals surface area contributed by atoms with E-state index in [0.29, 0.717) is 34.3 Å². The molecular formula is C29H23N5O4S. The zero-order chi connectivity index (χ0) is 27.1. The number of amides is 2. The van der Waals surface area contributed by atoms with Gasteiger partial charge in [-0.25, -0.2) is 0 Å². The van der Waals surface area contributed by atoms with Crippen LogP contribution in [0.1, 0.15) is 18.1 Å². The zero-order valence-electron chi connectivity index (χ0n) is 21.2. The monoisotopic (exact) mass is 537 g/mol. The fourth-order valence-corrected chi connectivity index (χ4v) is 5.60. The van der Waals surface area contributed by atoms with Gasteiger partial charge in [-0.05, 0) is 61.9 Å². The summed E-state index contributed by atoms with van der Waals surface area (Å²) >= 11 is 1.11. The van der Waals surface area contributed by atoms with Crippen LogP contribution in [0, 0.1) is 6.92 Å². The van der Waals surface area contributed by atoms with Crippen molar-refractivity contribution in [1.82, 2.24) is 14.6 Å². The highest BCUT2D eigenvalue weighted by Gasteiger charge is 2.35. The summed E-state index contributed by atoms with van der Waals surface area (Å²) in [6, 6.07) is 21.9. The van der Waals surface area contributed by atoms with Gasteiger partial charge in [-0.15, -0.1) is 5.10 Å². The lowest BCUT2D eigenvalue weighted by molar-refractivity contribution is -0.118. The molecule has 2 amide bonds. The number of nitrogens with zero attached hydrogens (tertiary/aromatic N) is 4. The van der Waals surface area contributed by atoms with Crippen molar-refractivity contribution in [3.8, 4) is 17.1 Å². The van der Waals surface area contributed by atoms with Gasteiger partial charge in [0.05, 0.1) is 17.9 Å². The van der Waals surface area contributed by atoms with Crippen molar-refractivity contribution in [1.29, 1.82) is 0 Å². The lowest BCUT2D eigenvalue weighted by Crippen LogP contribution is -2.37. The molecule has 9 nitrogen and oxygen atoms in total. The number of para-hydroxylation sites is 1. The average molecular weight is 538 g/mol. The summed E-state index contributed by atoms with van der Waals surface area (Å²) < 4.78 is 6.94. The third-order valence-corrected chi connectivity index (χ3v) is 7.36. The fraction of sp³-hybridized carbons (Fsp3) is 0.138. The first-order valence-corrected chi connectivity index (χ1v) is 13.2. The van der Waals surface area contributed by atoms with E-state index >= 15 is 0 Å². The fourth-order valence-electron chi connectivity index (χ4n) is 4.60. The molecule has 1 N–H and O–H groups in total. The maximum Gasteiger partial charge on any atom is 0.291 e. The van der Waals surface area contributed by atoms with Crippen molar-refractivity contribution in [3.05, 3.63) is 98.8 Å². The minimum Gasteiger partial charge on any atom is -0.494 e. The number of anilines is 2. The number of hydrogen-bond donors (Lipinski definition) is 1. The molecule has 6 rings (SSSR count). The Hall–Kier alpha value is -4.83. The molecule has 0 atom stereocenters. The van der Waals surface area contributed by atoms with Gasteiger partial charge in [0.25, 0.3) is 11.5 Å². The van der Waals surface area contributed by atoms with E-state index in [4.69, 9.17) is 4.74 Å². The normalized spacial score (nSPS) is 14.1. The molecule has 0 saturated heterocycles. The molecule has 0 aliphatic carbocycles. The highest BCUT2D eigenvalue weighted by atomic mass is 32.1. The molecule has 0 saturated carbocycles. The Labute approximate surface area is 227 Å². The molecule has 3 heterocycles. The first-order valence-electron chi connectivity index (χ1n) is 12.4. The summed E-state index contributed by atoms with van der Waals surface area (Å²) in [5.41, 5.74) is 3.40. The number of nitrogens with one attached hydrogen (secondary N) is 1. The van der Waals surface area contributed by atoms with Crippen molar-refractivity contribution in [2.45, 2.75) is 13.8 Å². The van der Waals surface area contributed by atoms with Crippen LogP contribution in [0.25, 0.3) is 21.9 Å². The molecular weight excluding hydrogens is 514 g/mol. The SMILES string of the molecule is CCOc1ccc(-c2nc3sc(=C4C(=O)N(CC(=O)Nc5cccc(C)c5)c5ccccc54)c(=O)n3n2)cc1. The quantitative estimate of drug-likeness (QED) is 0.356. The van der Waals surface area contributed by atoms with E-state index in [-0.39, 0.29) is 22.6 Å². The lowest BCUT2D eigenvalue weighted by Gasteiger charge is -2.16. The van der Waals surface area contributed by atoms with Crippen molar-refractivity contribution < 1.29 is 14.3 Å². The Morgan fingerprint density at radius 3 is 2.56 bits per heavy atom. The van der Waals surface area contributed by atoms with Crippen LogP contribution in [-0.2, 0) is 9.59 Å². The predicted octanol–water partition coefficient (Wildman–Crippen LogP) is 3.43. The molecule has 0 fully saturated rings. The highest BCUT2D eigenvalue weighted by Crippen LogP contribution is 2.35. The summed E-state index contributed by atoms with van der Waals surface area (Å²) in [5.74, 6) is 0.394. The van der Waals surface area contributed by atoms with Gasteiger partial charge in [-0.1, -0.05) is 41.7 Å². The number of benzene rings is 3. The van der Waals surface area contributed by atoms with E-state index < -0.39 is 11.5 Å². The van der Waals surface area contributed by atoms with Gasteiger partial charge in [-0.2, -0.15) is 9.50 Å². The standard InChI is InChI=1S/C29H23N5O4S/c1-3-38-20-13-11-18(12-14-20)26-31-29-34(32-26)28(37)25(39-29)24-21-9-4-5-10-22(21)33(27(24)36)16-23(35)30-19-8-6-7-17(2)15-19/h4-15H,3,16H2,1-2H3,(H,30,35). The van der Waals surface area contributed by atoms with Gasteiger partial charge in [0, 0.05) is 16.8 Å². The van der Waals surface area contributed by atoms with Crippen LogP contribution in [0.15, 0.2) is 77.6 Å². The zero-order valence-corrected chi connectivity index (χ0v) is 22.0. The minimum absolute atomic E-state index is 0.190. The van der Waals surface area contributed by atoms with Gasteiger partial charge in [0.15, 0.2) is 5.82 Å². The summed E-state index contributed by atoms with van der Waals surface area (Å²) in [7, 11) is 0. The average Bonchev–Trinajstić information content (AvgIpc) is 3.56. The van der Waals surface area contributed by atoms with Gasteiger partial charge < -0.3 is 10.1 Å². The van der Waals surface area contributed by atoms with E-state index in [1.54, 1.807) is 30.3 Å². The Balaban J connectivity index is 1.35. The van der Waals surface area contributed by atoms with E-state index in [0.717, 1.165) is 28.2 Å². The number of carbonyl (C=O) groups excluding carboxylic acids is 2. The van der Waals surface area contributed by atoms with Crippen LogP contribution in [0.5, 0.6) is 5.75 Å². The Morgan fingerprint density at radius 2 is 1.82 bits per heavy atom. The number of ether oxygens (including phenoxy) is 1. The molecule has 10 heteroatoms. The summed E-state index contributed by atoms with van der Waals surface area (Å²) in [6.07, 6.45) is 0. The molecule has 1 aliphatic heterocycles. The number of fused-ring (bicyclic) bond motifs is 2. The second-order valence-corrected chi connectivity index (χ2v) is 10.0. The summed E-state index contributed by atoms with van der Waals surface area (Å²) in [4.78, 5) is 46.3. The maximum absolute atomic E-state index is 13.6. The number of thiazole rings is 1. The van der Waals surface area contributed by atoms with E-state index in [1.165, 1.54) is 9.42 Å². The van der Waals surface area contributed by atoms with E-state index in [2.05, 4.69) is 15.4 Å². The van der Waals surface area contributed by atoms with Crippen LogP contribution < -0.4 is 25.0 Å². The number of carbonyl (C=O) groups is 2. The largest absolute Gasteiger partial charge is 0.494 e. The molecule has 5 aromatic rings. The van der Waals surface area contributed by atoms with Crippen molar-refractivity contribution in [3.63, 3.8) is 0 Å². The molecule has 0 unspecified atom stereocenters. The predicted molar refractivity (Wildman–Crippen MR) is 150 cm³/mol. The second-order valence-electron chi connectivity index (χ2n) is 9.02. The second kappa shape index (κ2) is 9.80. The smallest absolute Gasteiger partial charge is 0.291 e. The van der Waals surface area contributed by atoms with Gasteiger partial charge in [0.1, 0.15) is 16.8 Å². The number of hydrogen-bond acceptors (Lipinski definition) is 7. The molecule has 194 valence electrons. The molecule has 39 heavy (non-hydrogen) atoms. The molecule has 0 radical (unpaired) electrons. The van der Waals surface area contributed by atoms with Crippen LogP contribution in [-0.4, -0.2) is 39.6 Å². The molecule has 0 bridgehead atoms. The van der Waals surface area contributed by atoms with Crippen molar-refractivity contribution >= 4 is 45.1 Å². The summed E-state index contributed by atoms with van der Waals surface area (Å²) in [6.45, 7) is 4.22. The third kappa shape index (κ3) is 4.44. The molecule has 1 aliphatic rings. The third-order valence-electron chi connectivity index (χ3n) is 6.33. The number of rotatable bonds is 6. The minimum atomic E-state index is -0.427. The van der Waals surface area contributed by atoms with Crippen molar-refractivity contribution in [2.24, 2.45) is 0 Å². The van der Waals surface area contributed by atoms with Crippen molar-refractivity contribution in [2.75, 3.05) is 23.4 Å². The molecule has 0 spiro atoms. The Kier molecular flexibility index (Phi) is 6.16. The topological polar surface area (TPSA) is 106 Å². The molecule has 3 aromatic carbocycles. The van der Waals surface area contributed by atoms with Gasteiger partial charge >= 0.3 is 0 Å². The van der Waals surface area contributed by atoms with Gasteiger partial charge in [0.2, 0.25) is 10.9 Å².